The smallest absolute Gasteiger partial charge is 0.548 e. The molecule has 5 heteroatoms. The number of aliphatic carboxylic acids is 1. The SMILES string of the molecule is CCC(CC)(c1ccc(CCC(O)C(C)(C)C)c(C)c1)c1ccc(-c2ccc(C(N)C(=O)[O-])cc2)c(C)c1.[Na+]. The molecular formula is C34H44NNaO3. The van der Waals surface area contributed by atoms with E-state index in [0.29, 0.717) is 5.56 Å². The quantitative estimate of drug-likeness (QED) is 0.389. The summed E-state index contributed by atoms with van der Waals surface area (Å²) in [6, 6.07) is 19.8. The molecular weight excluding hydrogens is 493 g/mol. The summed E-state index contributed by atoms with van der Waals surface area (Å²) in [5, 5.41) is 21.6. The summed E-state index contributed by atoms with van der Waals surface area (Å²) in [7, 11) is 0. The molecule has 204 valence electrons. The number of benzene rings is 3. The van der Waals surface area contributed by atoms with Crippen LogP contribution in [0.4, 0.5) is 0 Å². The number of rotatable bonds is 10. The molecule has 0 saturated carbocycles. The largest absolute Gasteiger partial charge is 1.00 e. The minimum absolute atomic E-state index is 0. The van der Waals surface area contributed by atoms with Gasteiger partial charge in [0.25, 0.3) is 0 Å². The molecule has 3 rings (SSSR count). The van der Waals surface area contributed by atoms with Gasteiger partial charge in [-0.15, -0.1) is 0 Å². The first-order valence-electron chi connectivity index (χ1n) is 13.8. The number of aliphatic hydroxyl groups excluding tert-OH is 1. The number of aryl methyl sites for hydroxylation is 3. The Hall–Kier alpha value is -1.95. The van der Waals surface area contributed by atoms with Gasteiger partial charge in [0.15, 0.2) is 0 Å². The summed E-state index contributed by atoms with van der Waals surface area (Å²) in [6.45, 7) is 15.1. The molecule has 0 aliphatic carbocycles. The Morgan fingerprint density at radius 2 is 1.44 bits per heavy atom. The summed E-state index contributed by atoms with van der Waals surface area (Å²) in [5.41, 5.74) is 14.6. The van der Waals surface area contributed by atoms with E-state index < -0.39 is 12.0 Å². The van der Waals surface area contributed by atoms with Crippen LogP contribution in [0.15, 0.2) is 60.7 Å². The number of hydrogen-bond donors (Lipinski definition) is 2. The minimum atomic E-state index is -1.28. The van der Waals surface area contributed by atoms with Crippen LogP contribution < -0.4 is 40.4 Å². The second-order valence-electron chi connectivity index (χ2n) is 11.8. The standard InChI is InChI=1S/C34H45NO3.Na/c1-8-34(9-2,27-16-14-24(22(3)20-27)15-19-30(36)33(5,6)7)28-17-18-29(23(4)21-28)25-10-12-26(13-11-25)31(35)32(37)38;/h10-14,16-18,20-21,30-31,36H,8-9,15,19,35H2,1-7H3,(H,37,38);/q;+1/p-1. The van der Waals surface area contributed by atoms with E-state index in [1.807, 2.05) is 12.1 Å². The molecule has 4 nitrogen and oxygen atoms in total. The third-order valence-electron chi connectivity index (χ3n) is 8.40. The second-order valence-corrected chi connectivity index (χ2v) is 11.8. The Balaban J connectivity index is 0.00000533. The first kappa shape index (κ1) is 33.3. The molecule has 0 bridgehead atoms. The summed E-state index contributed by atoms with van der Waals surface area (Å²) >= 11 is 0. The number of nitrogens with two attached hydrogens (primary N) is 1. The molecule has 39 heavy (non-hydrogen) atoms. The van der Waals surface area contributed by atoms with E-state index in [1.165, 1.54) is 27.8 Å². The van der Waals surface area contributed by atoms with Crippen molar-refractivity contribution in [2.45, 2.75) is 91.7 Å². The van der Waals surface area contributed by atoms with Crippen molar-refractivity contribution in [3.8, 4) is 11.1 Å². The van der Waals surface area contributed by atoms with Gasteiger partial charge in [-0.05, 0) is 89.5 Å². The predicted molar refractivity (Wildman–Crippen MR) is 155 cm³/mol. The van der Waals surface area contributed by atoms with Gasteiger partial charge in [0.2, 0.25) is 0 Å². The number of carboxylic acid groups (broad SMARTS) is 1. The number of carboxylic acids is 1. The van der Waals surface area contributed by atoms with Gasteiger partial charge < -0.3 is 20.7 Å². The van der Waals surface area contributed by atoms with Crippen LogP contribution in [-0.2, 0) is 16.6 Å². The van der Waals surface area contributed by atoms with Gasteiger partial charge in [-0.2, -0.15) is 0 Å². The van der Waals surface area contributed by atoms with E-state index in [-0.39, 0.29) is 46.5 Å². The zero-order valence-corrected chi connectivity index (χ0v) is 27.1. The summed E-state index contributed by atoms with van der Waals surface area (Å²) in [4.78, 5) is 11.1. The van der Waals surface area contributed by atoms with Crippen LogP contribution in [0.1, 0.15) is 93.3 Å². The molecule has 0 aromatic heterocycles. The molecule has 0 amide bonds. The summed E-state index contributed by atoms with van der Waals surface area (Å²) < 4.78 is 0. The fourth-order valence-corrected chi connectivity index (χ4v) is 5.52. The normalized spacial score (nSPS) is 13.5. The number of hydrogen-bond acceptors (Lipinski definition) is 4. The van der Waals surface area contributed by atoms with Crippen molar-refractivity contribution in [2.75, 3.05) is 0 Å². The van der Waals surface area contributed by atoms with Crippen LogP contribution in [-0.4, -0.2) is 17.2 Å². The van der Waals surface area contributed by atoms with Crippen LogP contribution >= 0.6 is 0 Å². The van der Waals surface area contributed by atoms with Crippen molar-refractivity contribution in [1.29, 1.82) is 0 Å². The van der Waals surface area contributed by atoms with Gasteiger partial charge in [-0.1, -0.05) is 95.3 Å². The first-order chi connectivity index (χ1) is 17.8. The Kier molecular flexibility index (Phi) is 11.6. The predicted octanol–water partition coefficient (Wildman–Crippen LogP) is 3.17. The number of carbonyl (C=O) groups is 1. The van der Waals surface area contributed by atoms with E-state index >= 15 is 0 Å². The molecule has 3 aromatic rings. The minimum Gasteiger partial charge on any atom is -0.548 e. The van der Waals surface area contributed by atoms with Gasteiger partial charge >= 0.3 is 29.6 Å². The molecule has 2 unspecified atom stereocenters. The molecule has 2 atom stereocenters. The maximum Gasteiger partial charge on any atom is 1.00 e. The van der Waals surface area contributed by atoms with Gasteiger partial charge in [0.1, 0.15) is 0 Å². The fourth-order valence-electron chi connectivity index (χ4n) is 5.52. The third kappa shape index (κ3) is 7.42. The zero-order chi connectivity index (χ0) is 28.3. The van der Waals surface area contributed by atoms with Crippen molar-refractivity contribution < 1.29 is 44.6 Å². The molecule has 0 radical (unpaired) electrons. The van der Waals surface area contributed by atoms with Crippen molar-refractivity contribution in [2.24, 2.45) is 11.1 Å². The number of carbonyl (C=O) groups excluding carboxylic acids is 1. The van der Waals surface area contributed by atoms with Crippen LogP contribution in [0, 0.1) is 19.3 Å². The van der Waals surface area contributed by atoms with Crippen LogP contribution in [0.25, 0.3) is 11.1 Å². The molecule has 0 spiro atoms. The van der Waals surface area contributed by atoms with E-state index in [4.69, 9.17) is 5.73 Å². The maximum absolute atomic E-state index is 11.1. The Labute approximate surface area is 257 Å². The van der Waals surface area contributed by atoms with E-state index in [9.17, 15) is 15.0 Å². The van der Waals surface area contributed by atoms with Crippen molar-refractivity contribution in [3.63, 3.8) is 0 Å². The van der Waals surface area contributed by atoms with E-state index in [0.717, 1.165) is 36.8 Å². The van der Waals surface area contributed by atoms with E-state index in [1.54, 1.807) is 12.1 Å². The third-order valence-corrected chi connectivity index (χ3v) is 8.40. The fraction of sp³-hybridized carbons (Fsp3) is 0.441. The van der Waals surface area contributed by atoms with Gasteiger partial charge in [-0.25, -0.2) is 0 Å². The zero-order valence-electron chi connectivity index (χ0n) is 25.1. The van der Waals surface area contributed by atoms with E-state index in [2.05, 4.69) is 84.9 Å². The summed E-state index contributed by atoms with van der Waals surface area (Å²) in [5.74, 6) is -1.28. The molecule has 0 aliphatic heterocycles. The summed E-state index contributed by atoms with van der Waals surface area (Å²) in [6.07, 6.45) is 3.28. The molecule has 0 aliphatic rings. The van der Waals surface area contributed by atoms with Gasteiger partial charge in [-0.3, -0.25) is 0 Å². The molecule has 0 heterocycles. The Morgan fingerprint density at radius 3 is 1.90 bits per heavy atom. The average Bonchev–Trinajstić information content (AvgIpc) is 2.88. The van der Waals surface area contributed by atoms with Crippen LogP contribution in [0.2, 0.25) is 0 Å². The topological polar surface area (TPSA) is 86.4 Å². The Bertz CT molecular complexity index is 1260. The average molecular weight is 538 g/mol. The Morgan fingerprint density at radius 1 is 0.897 bits per heavy atom. The monoisotopic (exact) mass is 537 g/mol. The van der Waals surface area contributed by atoms with Gasteiger partial charge in [0.05, 0.1) is 18.1 Å². The molecule has 0 saturated heterocycles. The van der Waals surface area contributed by atoms with Crippen LogP contribution in [0.3, 0.4) is 0 Å². The van der Waals surface area contributed by atoms with Crippen molar-refractivity contribution in [1.82, 2.24) is 0 Å². The molecule has 3 N–H and O–H groups in total. The number of aliphatic hydroxyl groups is 1. The molecule has 0 fully saturated rings. The second kappa shape index (κ2) is 13.6. The molecule has 3 aromatic carbocycles. The van der Waals surface area contributed by atoms with Crippen molar-refractivity contribution >= 4 is 5.97 Å². The van der Waals surface area contributed by atoms with Crippen molar-refractivity contribution in [3.05, 3.63) is 94.0 Å². The van der Waals surface area contributed by atoms with Gasteiger partial charge in [0, 0.05) is 5.41 Å². The first-order valence-corrected chi connectivity index (χ1v) is 13.8. The van der Waals surface area contributed by atoms with Crippen LogP contribution in [0.5, 0.6) is 0 Å². The maximum atomic E-state index is 11.1.